The fourth-order valence-corrected chi connectivity index (χ4v) is 3.45. The predicted molar refractivity (Wildman–Crippen MR) is 99.3 cm³/mol. The van der Waals surface area contributed by atoms with Gasteiger partial charge < -0.3 is 15.1 Å². The maximum absolute atomic E-state index is 12.6. The maximum atomic E-state index is 12.6. The van der Waals surface area contributed by atoms with Gasteiger partial charge in [-0.1, -0.05) is 13.3 Å². The molecule has 2 heterocycles. The largest absolute Gasteiger partial charge is 0.357 e. The number of nitrogens with zero attached hydrogens (tertiary/aromatic N) is 4. The quantitative estimate of drug-likeness (QED) is 0.452. The van der Waals surface area contributed by atoms with Crippen molar-refractivity contribution in [3.8, 4) is 0 Å². The SMILES string of the molecule is CCCCN=C(NCC)N1CCN(C(C)C(=O)N2CCCC2)CC1. The molecule has 1 unspecified atom stereocenters. The highest BCUT2D eigenvalue weighted by molar-refractivity contribution is 5.82. The summed E-state index contributed by atoms with van der Waals surface area (Å²) in [6.07, 6.45) is 4.63. The molecule has 1 atom stereocenters. The average molecular weight is 338 g/mol. The van der Waals surface area contributed by atoms with Crippen molar-refractivity contribution in [2.24, 2.45) is 4.99 Å². The van der Waals surface area contributed by atoms with Crippen molar-refractivity contribution in [3.63, 3.8) is 0 Å². The molecule has 0 aromatic heterocycles. The Bertz CT molecular complexity index is 412. The van der Waals surface area contributed by atoms with E-state index in [2.05, 4.69) is 35.9 Å². The molecule has 2 aliphatic heterocycles. The van der Waals surface area contributed by atoms with Crippen LogP contribution in [-0.2, 0) is 4.79 Å². The normalized spacial score (nSPS) is 21.2. The zero-order valence-electron chi connectivity index (χ0n) is 15.8. The Morgan fingerprint density at radius 2 is 1.71 bits per heavy atom. The fourth-order valence-electron chi connectivity index (χ4n) is 3.45. The first-order valence-electron chi connectivity index (χ1n) is 9.73. The highest BCUT2D eigenvalue weighted by Gasteiger charge is 2.30. The van der Waals surface area contributed by atoms with Crippen molar-refractivity contribution in [1.29, 1.82) is 0 Å². The van der Waals surface area contributed by atoms with Gasteiger partial charge in [-0.2, -0.15) is 0 Å². The van der Waals surface area contributed by atoms with E-state index >= 15 is 0 Å². The number of piperazine rings is 1. The van der Waals surface area contributed by atoms with Crippen LogP contribution in [0.15, 0.2) is 4.99 Å². The lowest BCUT2D eigenvalue weighted by Gasteiger charge is -2.39. The Balaban J connectivity index is 1.84. The third-order valence-corrected chi connectivity index (χ3v) is 5.04. The van der Waals surface area contributed by atoms with Gasteiger partial charge in [-0.15, -0.1) is 0 Å². The van der Waals surface area contributed by atoms with E-state index in [-0.39, 0.29) is 6.04 Å². The summed E-state index contributed by atoms with van der Waals surface area (Å²) < 4.78 is 0. The molecule has 0 aliphatic carbocycles. The minimum absolute atomic E-state index is 0.00450. The number of unbranched alkanes of at least 4 members (excludes halogenated alkanes) is 1. The zero-order chi connectivity index (χ0) is 17.4. The van der Waals surface area contributed by atoms with Crippen LogP contribution in [0.3, 0.4) is 0 Å². The summed E-state index contributed by atoms with van der Waals surface area (Å²) >= 11 is 0. The number of hydrogen-bond donors (Lipinski definition) is 1. The van der Waals surface area contributed by atoms with Gasteiger partial charge in [0.1, 0.15) is 0 Å². The monoisotopic (exact) mass is 337 g/mol. The summed E-state index contributed by atoms with van der Waals surface area (Å²) in [5, 5.41) is 3.41. The number of nitrogens with one attached hydrogen (secondary N) is 1. The number of amides is 1. The van der Waals surface area contributed by atoms with Crippen molar-refractivity contribution in [2.75, 3.05) is 52.4 Å². The summed E-state index contributed by atoms with van der Waals surface area (Å²) in [5.41, 5.74) is 0. The van der Waals surface area contributed by atoms with Gasteiger partial charge in [0.2, 0.25) is 5.91 Å². The van der Waals surface area contributed by atoms with Gasteiger partial charge >= 0.3 is 0 Å². The minimum Gasteiger partial charge on any atom is -0.357 e. The topological polar surface area (TPSA) is 51.2 Å². The third-order valence-electron chi connectivity index (χ3n) is 5.04. The molecule has 6 nitrogen and oxygen atoms in total. The van der Waals surface area contributed by atoms with E-state index in [1.54, 1.807) is 0 Å². The van der Waals surface area contributed by atoms with E-state index in [9.17, 15) is 4.79 Å². The van der Waals surface area contributed by atoms with Crippen LogP contribution in [0.25, 0.3) is 0 Å². The first-order valence-corrected chi connectivity index (χ1v) is 9.73. The molecule has 24 heavy (non-hydrogen) atoms. The summed E-state index contributed by atoms with van der Waals surface area (Å²) in [6.45, 7) is 13.8. The molecular weight excluding hydrogens is 302 g/mol. The summed E-state index contributed by atoms with van der Waals surface area (Å²) in [4.78, 5) is 24.0. The van der Waals surface area contributed by atoms with Crippen LogP contribution < -0.4 is 5.32 Å². The molecule has 2 fully saturated rings. The molecule has 2 saturated heterocycles. The molecular formula is C18H35N5O. The van der Waals surface area contributed by atoms with Crippen LogP contribution in [0.4, 0.5) is 0 Å². The highest BCUT2D eigenvalue weighted by Crippen LogP contribution is 2.14. The number of carbonyl (C=O) groups is 1. The van der Waals surface area contributed by atoms with Crippen molar-refractivity contribution in [3.05, 3.63) is 0 Å². The van der Waals surface area contributed by atoms with Crippen LogP contribution in [0.2, 0.25) is 0 Å². The van der Waals surface area contributed by atoms with E-state index in [0.29, 0.717) is 5.91 Å². The Kier molecular flexibility index (Phi) is 7.82. The van der Waals surface area contributed by atoms with E-state index < -0.39 is 0 Å². The number of carbonyl (C=O) groups excluding carboxylic acids is 1. The average Bonchev–Trinajstić information content (AvgIpc) is 3.15. The lowest BCUT2D eigenvalue weighted by molar-refractivity contribution is -0.135. The highest BCUT2D eigenvalue weighted by atomic mass is 16.2. The zero-order valence-corrected chi connectivity index (χ0v) is 15.8. The van der Waals surface area contributed by atoms with Crippen LogP contribution in [0, 0.1) is 0 Å². The van der Waals surface area contributed by atoms with Gasteiger partial charge in [0.25, 0.3) is 0 Å². The minimum atomic E-state index is 0.00450. The van der Waals surface area contributed by atoms with Gasteiger partial charge in [0, 0.05) is 52.4 Å². The van der Waals surface area contributed by atoms with Gasteiger partial charge in [-0.05, 0) is 33.1 Å². The van der Waals surface area contributed by atoms with E-state index in [1.807, 2.05) is 4.90 Å². The predicted octanol–water partition coefficient (Wildman–Crippen LogP) is 1.38. The van der Waals surface area contributed by atoms with Gasteiger partial charge in [0.05, 0.1) is 6.04 Å². The fraction of sp³-hybridized carbons (Fsp3) is 0.889. The second-order valence-electron chi connectivity index (χ2n) is 6.82. The molecule has 2 aliphatic rings. The van der Waals surface area contributed by atoms with E-state index in [4.69, 9.17) is 4.99 Å². The second-order valence-corrected chi connectivity index (χ2v) is 6.82. The number of likely N-dealkylation sites (tertiary alicyclic amines) is 1. The molecule has 138 valence electrons. The smallest absolute Gasteiger partial charge is 0.239 e. The molecule has 0 radical (unpaired) electrons. The van der Waals surface area contributed by atoms with E-state index in [0.717, 1.165) is 77.6 Å². The van der Waals surface area contributed by atoms with Gasteiger partial charge in [-0.3, -0.25) is 14.7 Å². The molecule has 0 aromatic carbocycles. The van der Waals surface area contributed by atoms with Crippen LogP contribution in [-0.4, -0.2) is 85.0 Å². The first-order chi connectivity index (χ1) is 11.7. The Hall–Kier alpha value is -1.30. The Morgan fingerprint density at radius 1 is 1.04 bits per heavy atom. The molecule has 1 N–H and O–H groups in total. The van der Waals surface area contributed by atoms with Gasteiger partial charge in [-0.25, -0.2) is 0 Å². The summed E-state index contributed by atoms with van der Waals surface area (Å²) in [7, 11) is 0. The number of aliphatic imine (C=N–C) groups is 1. The lowest BCUT2D eigenvalue weighted by Crippen LogP contribution is -2.57. The third kappa shape index (κ3) is 5.10. The van der Waals surface area contributed by atoms with Crippen LogP contribution in [0.5, 0.6) is 0 Å². The van der Waals surface area contributed by atoms with Crippen molar-refractivity contribution >= 4 is 11.9 Å². The standard InChI is InChI=1S/C18H35N5O/c1-4-6-9-20-18(19-5-2)23-14-12-21(13-15-23)16(3)17(24)22-10-7-8-11-22/h16H,4-15H2,1-3H3,(H,19,20). The van der Waals surface area contributed by atoms with Crippen LogP contribution in [0.1, 0.15) is 46.5 Å². The van der Waals surface area contributed by atoms with Crippen molar-refractivity contribution in [1.82, 2.24) is 20.0 Å². The lowest BCUT2D eigenvalue weighted by atomic mass is 10.2. The molecule has 6 heteroatoms. The summed E-state index contributed by atoms with van der Waals surface area (Å²) in [6, 6.07) is 0.00450. The van der Waals surface area contributed by atoms with Crippen molar-refractivity contribution < 1.29 is 4.79 Å². The number of guanidine groups is 1. The molecule has 0 bridgehead atoms. The Morgan fingerprint density at radius 3 is 2.29 bits per heavy atom. The van der Waals surface area contributed by atoms with E-state index in [1.165, 1.54) is 6.42 Å². The Labute approximate surface area is 147 Å². The van der Waals surface area contributed by atoms with Gasteiger partial charge in [0.15, 0.2) is 5.96 Å². The molecule has 0 saturated carbocycles. The van der Waals surface area contributed by atoms with Crippen molar-refractivity contribution in [2.45, 2.75) is 52.5 Å². The molecule has 0 spiro atoms. The second kappa shape index (κ2) is 9.87. The number of hydrogen-bond acceptors (Lipinski definition) is 3. The molecule has 0 aromatic rings. The van der Waals surface area contributed by atoms with Crippen LogP contribution >= 0.6 is 0 Å². The molecule has 1 amide bonds. The summed E-state index contributed by atoms with van der Waals surface area (Å²) in [5.74, 6) is 1.34. The number of rotatable bonds is 6. The maximum Gasteiger partial charge on any atom is 0.239 e. The molecule has 2 rings (SSSR count). The first kappa shape index (κ1) is 19.0.